The Morgan fingerprint density at radius 1 is 1.23 bits per heavy atom. The van der Waals surface area contributed by atoms with Crippen molar-refractivity contribution in [2.75, 3.05) is 0 Å². The van der Waals surface area contributed by atoms with E-state index in [1.54, 1.807) is 11.3 Å². The monoisotopic (exact) mass is 333 g/mol. The quantitative estimate of drug-likeness (QED) is 0.767. The number of hydrogen-bond donors (Lipinski definition) is 2. The fourth-order valence-electron chi connectivity index (χ4n) is 2.31. The standard InChI is InChI=1S/C16H16ClN3OS/c1-9-10(2)22-16-14(9)15(21)19-13(20-16)8-18-7-11-3-5-12(17)6-4-11/h3-6,18H,7-8H2,1-2H3,(H,19,20,21). The van der Waals surface area contributed by atoms with Crippen molar-refractivity contribution in [2.45, 2.75) is 26.9 Å². The maximum absolute atomic E-state index is 12.2. The summed E-state index contributed by atoms with van der Waals surface area (Å²) in [5.74, 6) is 0.660. The molecule has 0 saturated heterocycles. The Balaban J connectivity index is 1.74. The van der Waals surface area contributed by atoms with Crippen molar-refractivity contribution >= 4 is 33.2 Å². The molecule has 114 valence electrons. The smallest absolute Gasteiger partial charge is 0.259 e. The van der Waals surface area contributed by atoms with Crippen LogP contribution in [0.4, 0.5) is 0 Å². The van der Waals surface area contributed by atoms with Gasteiger partial charge >= 0.3 is 0 Å². The molecule has 4 nitrogen and oxygen atoms in total. The van der Waals surface area contributed by atoms with Crippen molar-refractivity contribution < 1.29 is 0 Å². The number of nitrogens with one attached hydrogen (secondary N) is 2. The number of thiophene rings is 1. The van der Waals surface area contributed by atoms with Crippen molar-refractivity contribution in [1.29, 1.82) is 0 Å². The number of aryl methyl sites for hydroxylation is 2. The average molecular weight is 334 g/mol. The highest BCUT2D eigenvalue weighted by molar-refractivity contribution is 7.18. The van der Waals surface area contributed by atoms with E-state index in [0.717, 1.165) is 25.9 Å². The number of aromatic nitrogens is 2. The van der Waals surface area contributed by atoms with Gasteiger partial charge in [0, 0.05) is 16.4 Å². The predicted molar refractivity (Wildman–Crippen MR) is 91.7 cm³/mol. The zero-order valence-corrected chi connectivity index (χ0v) is 13.9. The van der Waals surface area contributed by atoms with E-state index in [9.17, 15) is 4.79 Å². The van der Waals surface area contributed by atoms with Crippen molar-refractivity contribution in [3.63, 3.8) is 0 Å². The van der Waals surface area contributed by atoms with E-state index in [0.29, 0.717) is 24.3 Å². The maximum Gasteiger partial charge on any atom is 0.259 e. The third-order valence-corrected chi connectivity index (χ3v) is 4.98. The van der Waals surface area contributed by atoms with Crippen molar-refractivity contribution in [2.24, 2.45) is 0 Å². The fraction of sp³-hybridized carbons (Fsp3) is 0.250. The van der Waals surface area contributed by atoms with E-state index >= 15 is 0 Å². The molecule has 1 aromatic carbocycles. The van der Waals surface area contributed by atoms with Gasteiger partial charge in [-0.1, -0.05) is 23.7 Å². The van der Waals surface area contributed by atoms with Crippen LogP contribution in [0.1, 0.15) is 21.8 Å². The first-order valence-electron chi connectivity index (χ1n) is 6.98. The topological polar surface area (TPSA) is 57.8 Å². The predicted octanol–water partition coefficient (Wildman–Crippen LogP) is 3.54. The van der Waals surface area contributed by atoms with Crippen LogP contribution in [0.2, 0.25) is 5.02 Å². The lowest BCUT2D eigenvalue weighted by molar-refractivity contribution is 0.663. The second-order valence-corrected chi connectivity index (χ2v) is 6.85. The molecule has 0 amide bonds. The lowest BCUT2D eigenvalue weighted by atomic mass is 10.2. The zero-order valence-electron chi connectivity index (χ0n) is 12.4. The highest BCUT2D eigenvalue weighted by atomic mass is 35.5. The minimum absolute atomic E-state index is 0.0601. The Morgan fingerprint density at radius 3 is 2.68 bits per heavy atom. The molecule has 0 aliphatic carbocycles. The van der Waals surface area contributed by atoms with E-state index < -0.39 is 0 Å². The van der Waals surface area contributed by atoms with Crippen LogP contribution in [0, 0.1) is 13.8 Å². The second kappa shape index (κ2) is 6.20. The van der Waals surface area contributed by atoms with Crippen molar-refractivity contribution in [3.8, 4) is 0 Å². The van der Waals surface area contributed by atoms with Gasteiger partial charge < -0.3 is 10.3 Å². The molecule has 0 aliphatic rings. The van der Waals surface area contributed by atoms with Gasteiger partial charge in [0.1, 0.15) is 10.7 Å². The molecule has 0 radical (unpaired) electrons. The highest BCUT2D eigenvalue weighted by Crippen LogP contribution is 2.25. The minimum atomic E-state index is -0.0601. The molecule has 6 heteroatoms. The molecule has 0 bridgehead atoms. The van der Waals surface area contributed by atoms with Gasteiger partial charge in [-0.25, -0.2) is 4.98 Å². The third-order valence-electron chi connectivity index (χ3n) is 3.62. The Labute approximate surface area is 137 Å². The number of nitrogens with zero attached hydrogens (tertiary/aromatic N) is 1. The molecule has 0 saturated carbocycles. The van der Waals surface area contributed by atoms with E-state index in [1.807, 2.05) is 38.1 Å². The van der Waals surface area contributed by atoms with Crippen LogP contribution in [-0.2, 0) is 13.1 Å². The van der Waals surface area contributed by atoms with Crippen molar-refractivity contribution in [3.05, 3.63) is 61.5 Å². The molecular formula is C16H16ClN3OS. The molecular weight excluding hydrogens is 318 g/mol. The number of rotatable bonds is 4. The van der Waals surface area contributed by atoms with E-state index in [4.69, 9.17) is 11.6 Å². The van der Waals surface area contributed by atoms with Crippen LogP contribution in [0.15, 0.2) is 29.1 Å². The van der Waals surface area contributed by atoms with Gasteiger partial charge in [0.15, 0.2) is 0 Å². The SMILES string of the molecule is Cc1sc2nc(CNCc3ccc(Cl)cc3)[nH]c(=O)c2c1C. The summed E-state index contributed by atoms with van der Waals surface area (Å²) in [7, 11) is 0. The molecule has 2 heterocycles. The van der Waals surface area contributed by atoms with E-state index in [2.05, 4.69) is 15.3 Å². The summed E-state index contributed by atoms with van der Waals surface area (Å²) >= 11 is 7.43. The lowest BCUT2D eigenvalue weighted by Gasteiger charge is -2.05. The summed E-state index contributed by atoms with van der Waals surface area (Å²) in [6, 6.07) is 7.67. The summed E-state index contributed by atoms with van der Waals surface area (Å²) in [5.41, 5.74) is 2.10. The molecule has 0 aliphatic heterocycles. The van der Waals surface area contributed by atoms with Crippen LogP contribution in [0.5, 0.6) is 0 Å². The van der Waals surface area contributed by atoms with Gasteiger partial charge in [-0.05, 0) is 37.1 Å². The van der Waals surface area contributed by atoms with Crippen LogP contribution in [-0.4, -0.2) is 9.97 Å². The van der Waals surface area contributed by atoms with Gasteiger partial charge in [-0.15, -0.1) is 11.3 Å². The summed E-state index contributed by atoms with van der Waals surface area (Å²) in [4.78, 5) is 21.5. The fourth-order valence-corrected chi connectivity index (χ4v) is 3.49. The minimum Gasteiger partial charge on any atom is -0.309 e. The third kappa shape index (κ3) is 3.06. The number of hydrogen-bond acceptors (Lipinski definition) is 4. The molecule has 2 N–H and O–H groups in total. The van der Waals surface area contributed by atoms with Gasteiger partial charge in [0.05, 0.1) is 11.9 Å². The maximum atomic E-state index is 12.2. The second-order valence-electron chi connectivity index (χ2n) is 5.21. The Morgan fingerprint density at radius 2 is 1.95 bits per heavy atom. The molecule has 3 aromatic rings. The largest absolute Gasteiger partial charge is 0.309 e. The average Bonchev–Trinajstić information content (AvgIpc) is 2.76. The van der Waals surface area contributed by atoms with Crippen LogP contribution in [0.25, 0.3) is 10.2 Å². The van der Waals surface area contributed by atoms with Gasteiger partial charge in [-0.2, -0.15) is 0 Å². The summed E-state index contributed by atoms with van der Waals surface area (Å²) in [6.07, 6.45) is 0. The molecule has 2 aromatic heterocycles. The lowest BCUT2D eigenvalue weighted by Crippen LogP contribution is -2.19. The van der Waals surface area contributed by atoms with Gasteiger partial charge in [0.2, 0.25) is 0 Å². The summed E-state index contributed by atoms with van der Waals surface area (Å²) in [5, 5.41) is 4.72. The highest BCUT2D eigenvalue weighted by Gasteiger charge is 2.11. The Kier molecular flexibility index (Phi) is 4.29. The number of fused-ring (bicyclic) bond motifs is 1. The van der Waals surface area contributed by atoms with Crippen LogP contribution >= 0.6 is 22.9 Å². The summed E-state index contributed by atoms with van der Waals surface area (Å²) < 4.78 is 0. The number of benzene rings is 1. The molecule has 0 atom stereocenters. The number of aromatic amines is 1. The first kappa shape index (κ1) is 15.2. The Bertz CT molecular complexity index is 867. The van der Waals surface area contributed by atoms with Crippen molar-refractivity contribution in [1.82, 2.24) is 15.3 Å². The summed E-state index contributed by atoms with van der Waals surface area (Å²) in [6.45, 7) is 5.19. The van der Waals surface area contributed by atoms with Crippen LogP contribution in [0.3, 0.4) is 0 Å². The normalized spacial score (nSPS) is 11.2. The van der Waals surface area contributed by atoms with E-state index in [-0.39, 0.29) is 5.56 Å². The first-order valence-corrected chi connectivity index (χ1v) is 8.18. The van der Waals surface area contributed by atoms with Gasteiger partial charge in [-0.3, -0.25) is 4.79 Å². The Hall–Kier alpha value is -1.69. The zero-order chi connectivity index (χ0) is 15.7. The number of H-pyrrole nitrogens is 1. The van der Waals surface area contributed by atoms with Crippen LogP contribution < -0.4 is 10.9 Å². The molecule has 0 spiro atoms. The molecule has 3 rings (SSSR count). The number of halogens is 1. The van der Waals surface area contributed by atoms with Gasteiger partial charge in [0.25, 0.3) is 5.56 Å². The molecule has 0 fully saturated rings. The first-order chi connectivity index (χ1) is 10.5. The molecule has 0 unspecified atom stereocenters. The molecule has 22 heavy (non-hydrogen) atoms. The van der Waals surface area contributed by atoms with E-state index in [1.165, 1.54) is 0 Å².